The molecule has 12 aliphatic heterocycles. The fourth-order valence-corrected chi connectivity index (χ4v) is 25.5. The summed E-state index contributed by atoms with van der Waals surface area (Å²) in [6, 6.07) is 2.91. The second-order valence-corrected chi connectivity index (χ2v) is 55.6. The monoisotopic (exact) mass is 2150 g/mol. The second-order valence-electron chi connectivity index (χ2n) is 46.9. The topological polar surface area (TPSA) is 218 Å². The van der Waals surface area contributed by atoms with Crippen LogP contribution in [-0.2, 0) is 58.6 Å². The molecule has 0 aromatic rings. The Balaban J connectivity index is -0.000000171. The van der Waals surface area contributed by atoms with Crippen molar-refractivity contribution < 1.29 is 44.4 Å². The Bertz CT molecular complexity index is 3720. The zero-order chi connectivity index (χ0) is 103. The van der Waals surface area contributed by atoms with Gasteiger partial charge >= 0.3 is 0 Å². The van der Waals surface area contributed by atoms with Crippen molar-refractivity contribution in [2.24, 2.45) is 112 Å². The first kappa shape index (κ1) is 162. The van der Waals surface area contributed by atoms with Crippen LogP contribution in [0.5, 0.6) is 0 Å². The van der Waals surface area contributed by atoms with E-state index in [1.54, 1.807) is 48.8 Å². The highest BCUT2D eigenvalue weighted by molar-refractivity contribution is 7.97. The minimum Gasteiger partial charge on any atom is -0.375 e. The Morgan fingerprint density at radius 1 is 0.269 bits per heavy atom. The molecule has 12 aliphatic rings. The van der Waals surface area contributed by atoms with E-state index in [1.165, 1.54) is 179 Å². The third kappa shape index (κ3) is 64.9. The Hall–Kier alpha value is -2.92. The molecular weight excluding hydrogens is 1890 g/mol. The summed E-state index contributed by atoms with van der Waals surface area (Å²) < 4.78 is 76.0. The number of sulfonamides is 2. The molecule has 12 unspecified atom stereocenters. The molecule has 12 rings (SSSR count). The summed E-state index contributed by atoms with van der Waals surface area (Å²) in [5.41, 5.74) is 1.23. The normalized spacial score (nSPS) is 24.5. The van der Waals surface area contributed by atoms with Crippen LogP contribution in [0.25, 0.3) is 0 Å². The average Bonchev–Trinajstić information content (AvgIpc) is 1.56. The molecule has 145 heavy (non-hydrogen) atoms. The number of allylic oxidation sites excluding steroid dienone is 1. The second kappa shape index (κ2) is 81.7. The maximum absolute atomic E-state index is 11.6. The Morgan fingerprint density at radius 2 is 0.586 bits per heavy atom. The van der Waals surface area contributed by atoms with Gasteiger partial charge in [-0.3, -0.25) is 27.6 Å². The summed E-state index contributed by atoms with van der Waals surface area (Å²) in [6.07, 6.45) is 34.2. The van der Waals surface area contributed by atoms with E-state index in [4.69, 9.17) is 0 Å². The lowest BCUT2D eigenvalue weighted by atomic mass is 9.87. The summed E-state index contributed by atoms with van der Waals surface area (Å²) in [5.74, 6) is 22.5. The number of carbonyl (C=O) groups excluding carboxylic acids is 4. The molecule has 0 spiro atoms. The van der Waals surface area contributed by atoms with Gasteiger partial charge in [-0.1, -0.05) is 253 Å². The van der Waals surface area contributed by atoms with Crippen molar-refractivity contribution in [1.29, 1.82) is 0 Å². The number of piperidine rings is 6. The lowest BCUT2D eigenvalue weighted by Crippen LogP contribution is -2.45. The van der Waals surface area contributed by atoms with E-state index >= 15 is 0 Å². The molecule has 12 fully saturated rings. The molecule has 12 atom stereocenters. The summed E-state index contributed by atoms with van der Waals surface area (Å²) in [4.78, 5) is 59.7. The molecule has 22 nitrogen and oxygen atoms in total. The third-order valence-electron chi connectivity index (χ3n) is 31.5. The van der Waals surface area contributed by atoms with E-state index in [1.807, 2.05) is 28.2 Å². The highest BCUT2D eigenvalue weighted by Gasteiger charge is 2.36. The van der Waals surface area contributed by atoms with Crippen molar-refractivity contribution in [3.8, 4) is 0 Å². The summed E-state index contributed by atoms with van der Waals surface area (Å²) in [6.45, 7) is 86.0. The molecule has 0 aromatic heterocycles. The molecule has 12 saturated heterocycles. The van der Waals surface area contributed by atoms with Crippen LogP contribution in [0.1, 0.15) is 423 Å². The van der Waals surface area contributed by atoms with Crippen LogP contribution in [0.15, 0.2) is 12.3 Å². The van der Waals surface area contributed by atoms with Crippen molar-refractivity contribution in [2.45, 2.75) is 453 Å². The van der Waals surface area contributed by atoms with Gasteiger partial charge in [-0.25, -0.2) is 29.8 Å². The maximum Gasteiger partial charge on any atom is 0.219 e. The van der Waals surface area contributed by atoms with Crippen LogP contribution < -0.4 is 5.32 Å². The zero-order valence-electron chi connectivity index (χ0n) is 94.3. The number of likely N-dealkylation sites (tertiary alicyclic amines) is 7. The molecule has 0 radical (unpaired) electrons. The molecule has 880 valence electrons. The largest absolute Gasteiger partial charge is 0.375 e. The van der Waals surface area contributed by atoms with Gasteiger partial charge in [-0.15, -0.1) is 0 Å². The van der Waals surface area contributed by atoms with Crippen molar-refractivity contribution in [2.75, 3.05) is 163 Å². The van der Waals surface area contributed by atoms with Crippen molar-refractivity contribution in [3.05, 3.63) is 12.3 Å². The van der Waals surface area contributed by atoms with Crippen molar-refractivity contribution in [3.63, 3.8) is 0 Å². The zero-order valence-corrected chi connectivity index (χ0v) is 97.6. The smallest absolute Gasteiger partial charge is 0.219 e. The predicted molar refractivity (Wildman–Crippen MR) is 652 cm³/mol. The first-order chi connectivity index (χ1) is 62.5. The lowest BCUT2D eigenvalue weighted by Gasteiger charge is -2.37. The SMILES string of the molecule is C.C.C.C.C.C.C.C.C.C.C=C(C)N1CCC(C(C)C)C1.C=S(C)(=O)N1CCC(C(C)C)C1.C=S(C)(=O)N1CCC(C(C)C)CC1.CC(=O)N1CCC(C(C)C)CC1.CC(=O)N1CCCC(C(C)C)C1.CC(=O)N1CCCC1C(C)C.CC(=O)N1CCCCC1C(C)C.CC(C)C1CCCCN1S(C)(=O)=O.CC(C)C1CCCN(S(C)(=O)=O)C1.CC(C)C1CCCN1.CC(C)C1CCCN1C.CC(C)C1CCN(C)C1. The van der Waals surface area contributed by atoms with Gasteiger partial charge in [0.25, 0.3) is 0 Å². The minimum absolute atomic E-state index is 0. The number of hydrogen-bond donors (Lipinski definition) is 1. The Kier molecular flexibility index (Phi) is 91.3. The molecular formula is C119H260N12O10S4. The fourth-order valence-electron chi connectivity index (χ4n) is 21.3. The summed E-state index contributed by atoms with van der Waals surface area (Å²) >= 11 is 0. The van der Waals surface area contributed by atoms with Crippen LogP contribution in [0.2, 0.25) is 0 Å². The fraction of sp³-hybridized carbons (Fsp3) is 0.933. The number of nitrogens with zero attached hydrogens (tertiary/aromatic N) is 11. The quantitative estimate of drug-likeness (QED) is 0.134. The van der Waals surface area contributed by atoms with E-state index in [0.717, 1.165) is 175 Å². The van der Waals surface area contributed by atoms with Gasteiger partial charge in [0.15, 0.2) is 0 Å². The summed E-state index contributed by atoms with van der Waals surface area (Å²) in [7, 11) is -5.38. The van der Waals surface area contributed by atoms with Gasteiger partial charge in [0, 0.05) is 200 Å². The van der Waals surface area contributed by atoms with Gasteiger partial charge in [0.05, 0.1) is 12.5 Å². The molecule has 26 heteroatoms. The van der Waals surface area contributed by atoms with Crippen LogP contribution in [0.4, 0.5) is 0 Å². The van der Waals surface area contributed by atoms with E-state index in [2.05, 4.69) is 226 Å². The van der Waals surface area contributed by atoms with Gasteiger partial charge in [0.2, 0.25) is 43.7 Å². The number of nitrogens with one attached hydrogen (secondary N) is 1. The maximum atomic E-state index is 11.6. The molecule has 0 bridgehead atoms. The molecule has 0 aliphatic carbocycles. The first-order valence-corrected chi connectivity index (χ1v) is 62.0. The molecule has 0 aromatic carbocycles. The average molecular weight is 2150 g/mol. The highest BCUT2D eigenvalue weighted by Crippen LogP contribution is 2.33. The third-order valence-corrected chi connectivity index (χ3v) is 36.9. The van der Waals surface area contributed by atoms with Crippen LogP contribution in [-0.4, -0.2) is 306 Å². The molecule has 1 N–H and O–H groups in total. The van der Waals surface area contributed by atoms with E-state index in [-0.39, 0.29) is 104 Å². The molecule has 12 heterocycles. The van der Waals surface area contributed by atoms with Gasteiger partial charge in [0.1, 0.15) is 0 Å². The van der Waals surface area contributed by atoms with Crippen LogP contribution >= 0.6 is 0 Å². The summed E-state index contributed by atoms with van der Waals surface area (Å²) in [5, 5.41) is 3.46. The van der Waals surface area contributed by atoms with Crippen LogP contribution in [0, 0.1) is 112 Å². The molecule has 0 saturated carbocycles. The standard InChI is InChI=1S/C10H21NOS.3C10H19NO.C10H19N.2C9H19NO2S.C9H19NOS.C9H17NO.2C8H17N.C7H15N.10CH4/c1-9(2)10-5-7-11(8-6-10)13(3,4)12;1-8(2)10-4-6-11(7-5-10)9(3)12;1-8(2)10-5-4-6-11(7-10)9(3)12;1-8(2)10-6-4-5-7-11(10)9(3)12;1-8(2)10-5-6-11(7-10)9(3)4;1-8(2)9-5-4-6-10(7-9)13(3,11)12;1-8(2)9-6-4-5-7-10(9)13(3,11)12;1-8(2)9-5-6-10(7-9)12(3,4)11;1-7(2)9-5-4-6-10(9)8(3)11;1-7(2)8-4-5-9(3)6-8;1-7(2)8-5-4-6-9(8)3;1-6(2)7-4-3-5-8-7;;;;;;;;;;/h9-10H,3,5-8H2,1-2,4H3;3*8,10H,4-7H2,1-3H3;8,10H,3,5-7H2,1-2,4H3;2*8-9H,4-7H2,1-3H3;8-9H,3,5-7H2,1-2,4H3;7,9H,4-6H2,1-3H3;2*7-8H,4-6H2,1-3H3;6-8H,3-5H2,1-2H3;10*1H4. The highest BCUT2D eigenvalue weighted by atomic mass is 32.2. The van der Waals surface area contributed by atoms with E-state index in [9.17, 15) is 44.4 Å². The van der Waals surface area contributed by atoms with Gasteiger partial charge in [-0.05, 0) is 306 Å². The van der Waals surface area contributed by atoms with Gasteiger partial charge in [-0.2, -0.15) is 4.31 Å². The lowest BCUT2D eigenvalue weighted by molar-refractivity contribution is -0.133. The Labute approximate surface area is 911 Å². The number of hydrogen-bond acceptors (Lipinski definition) is 14. The van der Waals surface area contributed by atoms with Crippen molar-refractivity contribution in [1.82, 2.24) is 56.8 Å². The molecule has 4 amide bonds. The van der Waals surface area contributed by atoms with Crippen molar-refractivity contribution >= 4 is 74.8 Å². The van der Waals surface area contributed by atoms with E-state index < -0.39 is 39.5 Å². The predicted octanol–water partition coefficient (Wildman–Crippen LogP) is 26.7. The van der Waals surface area contributed by atoms with E-state index in [0.29, 0.717) is 72.5 Å². The minimum atomic E-state index is -2.99. The number of carbonyl (C=O) groups is 4. The number of rotatable bonds is 17. The van der Waals surface area contributed by atoms with Crippen LogP contribution in [0.3, 0.4) is 0 Å². The van der Waals surface area contributed by atoms with Gasteiger partial charge < -0.3 is 39.6 Å². The Morgan fingerprint density at radius 3 is 0.876 bits per heavy atom. The first-order valence-electron chi connectivity index (χ1n) is 54.1. The number of amides is 4.